The van der Waals surface area contributed by atoms with E-state index in [-0.39, 0.29) is 17.7 Å². The third kappa shape index (κ3) is 6.15. The summed E-state index contributed by atoms with van der Waals surface area (Å²) in [5, 5.41) is 3.15. The van der Waals surface area contributed by atoms with Crippen molar-refractivity contribution in [2.45, 2.75) is 11.8 Å². The fourth-order valence-corrected chi connectivity index (χ4v) is 4.19. The highest BCUT2D eigenvalue weighted by molar-refractivity contribution is 7.89. The van der Waals surface area contributed by atoms with E-state index in [1.165, 1.54) is 11.2 Å². The number of benzene rings is 2. The van der Waals surface area contributed by atoms with Gasteiger partial charge in [0.1, 0.15) is 25.7 Å². The van der Waals surface area contributed by atoms with E-state index in [2.05, 4.69) is 5.32 Å². The maximum atomic E-state index is 12.8. The Bertz CT molecular complexity index is 876. The summed E-state index contributed by atoms with van der Waals surface area (Å²) in [5.74, 6) is -0.186. The largest absolute Gasteiger partial charge is 0.370 e. The van der Waals surface area contributed by atoms with Gasteiger partial charge in [-0.05, 0) is 23.3 Å². The zero-order valence-electron chi connectivity index (χ0n) is 16.1. The van der Waals surface area contributed by atoms with Crippen molar-refractivity contribution in [2.24, 2.45) is 0 Å². The average Bonchev–Trinajstić information content (AvgIpc) is 2.68. The molecule has 1 fully saturated rings. The third-order valence-electron chi connectivity index (χ3n) is 4.84. The molecule has 1 heterocycles. The lowest BCUT2D eigenvalue weighted by atomic mass is 10.0. The molecule has 0 spiro atoms. The van der Waals surface area contributed by atoms with E-state index in [1.54, 1.807) is 24.3 Å². The van der Waals surface area contributed by atoms with E-state index >= 15 is 0 Å². The molecule has 0 saturated carbocycles. The molecule has 28 heavy (non-hydrogen) atoms. The van der Waals surface area contributed by atoms with Crippen LogP contribution in [0.3, 0.4) is 0 Å². The number of hydrogen-bond donors (Lipinski definition) is 2. The molecule has 0 aliphatic carbocycles. The van der Waals surface area contributed by atoms with Crippen molar-refractivity contribution in [3.63, 3.8) is 0 Å². The first kappa shape index (κ1) is 20.5. The van der Waals surface area contributed by atoms with Crippen molar-refractivity contribution in [2.75, 3.05) is 39.1 Å². The van der Waals surface area contributed by atoms with Gasteiger partial charge in [0.2, 0.25) is 0 Å². The van der Waals surface area contributed by atoms with Crippen LogP contribution in [0, 0.1) is 0 Å². The minimum absolute atomic E-state index is 0.0259. The van der Waals surface area contributed by atoms with Gasteiger partial charge >= 0.3 is 0 Å². The molecule has 0 radical (unpaired) electrons. The molecule has 0 unspecified atom stereocenters. The van der Waals surface area contributed by atoms with Crippen LogP contribution in [0.4, 0.5) is 0 Å². The van der Waals surface area contributed by atoms with Gasteiger partial charge in [-0.3, -0.25) is 4.79 Å². The molecule has 1 saturated heterocycles. The summed E-state index contributed by atoms with van der Waals surface area (Å²) in [4.78, 5) is 14.2. The van der Waals surface area contributed by atoms with Crippen LogP contribution in [0.2, 0.25) is 0 Å². The van der Waals surface area contributed by atoms with Gasteiger partial charge in [0.05, 0.1) is 19.0 Å². The topological polar surface area (TPSA) is 76.9 Å². The lowest BCUT2D eigenvalue weighted by Crippen LogP contribution is -3.14. The second-order valence-corrected chi connectivity index (χ2v) is 9.41. The quantitative estimate of drug-likeness (QED) is 0.711. The van der Waals surface area contributed by atoms with Gasteiger partial charge in [-0.15, -0.1) is 0 Å². The zero-order chi connectivity index (χ0) is 20.0. The van der Waals surface area contributed by atoms with E-state index < -0.39 is 9.84 Å². The fraction of sp³-hybridized carbons (Fsp3) is 0.381. The van der Waals surface area contributed by atoms with Crippen LogP contribution < -0.4 is 10.2 Å². The summed E-state index contributed by atoms with van der Waals surface area (Å²) >= 11 is 0. The lowest BCUT2D eigenvalue weighted by Gasteiger charge is -2.28. The number of carbonyl (C=O) groups excluding carboxylic acids is 1. The number of rotatable bonds is 7. The number of ether oxygens (including phenoxy) is 1. The van der Waals surface area contributed by atoms with Crippen molar-refractivity contribution in [1.29, 1.82) is 0 Å². The van der Waals surface area contributed by atoms with E-state index in [0.29, 0.717) is 11.1 Å². The minimum Gasteiger partial charge on any atom is -0.370 e. The summed E-state index contributed by atoms with van der Waals surface area (Å²) in [6.07, 6.45) is 1.20. The molecule has 7 heteroatoms. The van der Waals surface area contributed by atoms with Crippen LogP contribution in [-0.2, 0) is 20.3 Å². The monoisotopic (exact) mass is 403 g/mol. The highest BCUT2D eigenvalue weighted by Crippen LogP contribution is 2.13. The van der Waals surface area contributed by atoms with Crippen molar-refractivity contribution in [1.82, 2.24) is 5.32 Å². The number of amides is 1. The number of carbonyl (C=O) groups is 1. The normalized spacial score (nSPS) is 16.5. The Balaban J connectivity index is 1.71. The molecule has 2 aromatic rings. The summed E-state index contributed by atoms with van der Waals surface area (Å²) in [5.41, 5.74) is 2.27. The first-order valence-corrected chi connectivity index (χ1v) is 11.5. The molecule has 2 N–H and O–H groups in total. The van der Waals surface area contributed by atoms with Crippen molar-refractivity contribution >= 4 is 15.7 Å². The second kappa shape index (κ2) is 9.32. The molecule has 6 nitrogen and oxygen atoms in total. The van der Waals surface area contributed by atoms with Gasteiger partial charge < -0.3 is 15.0 Å². The second-order valence-electron chi connectivity index (χ2n) is 7.27. The zero-order valence-corrected chi connectivity index (χ0v) is 16.9. The predicted octanol–water partition coefficient (Wildman–Crippen LogP) is 0.617. The van der Waals surface area contributed by atoms with E-state index in [1.807, 2.05) is 30.3 Å². The maximum absolute atomic E-state index is 12.8. The van der Waals surface area contributed by atoms with Gasteiger partial charge in [0, 0.05) is 11.8 Å². The molecule has 1 amide bonds. The van der Waals surface area contributed by atoms with Crippen LogP contribution in [0.15, 0.2) is 54.6 Å². The Morgan fingerprint density at radius 1 is 1.07 bits per heavy atom. The molecule has 1 atom stereocenters. The van der Waals surface area contributed by atoms with Gasteiger partial charge in [-0.2, -0.15) is 0 Å². The molecule has 2 aromatic carbocycles. The smallest absolute Gasteiger partial charge is 0.251 e. The Labute approximate surface area is 166 Å². The molecule has 3 rings (SSSR count). The number of nitrogens with one attached hydrogen (secondary N) is 2. The van der Waals surface area contributed by atoms with Crippen LogP contribution >= 0.6 is 0 Å². The molecule has 1 aliphatic rings. The Morgan fingerprint density at radius 3 is 2.32 bits per heavy atom. The van der Waals surface area contributed by atoms with Crippen LogP contribution in [0.1, 0.15) is 27.5 Å². The van der Waals surface area contributed by atoms with Gasteiger partial charge in [0.25, 0.3) is 5.91 Å². The van der Waals surface area contributed by atoms with Crippen molar-refractivity contribution in [3.8, 4) is 0 Å². The summed E-state index contributed by atoms with van der Waals surface area (Å²) in [7, 11) is -3.10. The van der Waals surface area contributed by atoms with Crippen LogP contribution in [0.25, 0.3) is 0 Å². The standard InChI is InChI=1S/C21H26N2O4S/c1-28(25,26)16-17-7-9-19(10-8-17)21(24)22-20(18-5-3-2-4-6-18)15-23-11-13-27-14-12-23/h2-10,20H,11-16H2,1H3,(H,22,24)/p+1/t20-/m1/s1. The molecule has 0 bridgehead atoms. The summed E-state index contributed by atoms with van der Waals surface area (Å²) in [6.45, 7) is 4.14. The summed E-state index contributed by atoms with van der Waals surface area (Å²) < 4.78 is 28.3. The Morgan fingerprint density at radius 2 is 1.71 bits per heavy atom. The first-order valence-electron chi connectivity index (χ1n) is 9.44. The number of morpholine rings is 1. The number of quaternary nitrogens is 1. The minimum atomic E-state index is -3.10. The Kier molecular flexibility index (Phi) is 6.83. The van der Waals surface area contributed by atoms with Gasteiger partial charge in [-0.25, -0.2) is 8.42 Å². The lowest BCUT2D eigenvalue weighted by molar-refractivity contribution is -0.909. The van der Waals surface area contributed by atoms with Crippen LogP contribution in [-0.4, -0.2) is 53.4 Å². The van der Waals surface area contributed by atoms with Crippen LogP contribution in [0.5, 0.6) is 0 Å². The van der Waals surface area contributed by atoms with E-state index in [4.69, 9.17) is 4.74 Å². The number of sulfone groups is 1. The molecular weight excluding hydrogens is 376 g/mol. The predicted molar refractivity (Wildman–Crippen MR) is 108 cm³/mol. The highest BCUT2D eigenvalue weighted by atomic mass is 32.2. The third-order valence-corrected chi connectivity index (χ3v) is 5.70. The van der Waals surface area contributed by atoms with Crippen molar-refractivity contribution < 1.29 is 22.8 Å². The molecular formula is C21H27N2O4S+. The maximum Gasteiger partial charge on any atom is 0.251 e. The highest BCUT2D eigenvalue weighted by Gasteiger charge is 2.23. The molecule has 0 aromatic heterocycles. The van der Waals surface area contributed by atoms with E-state index in [9.17, 15) is 13.2 Å². The van der Waals surface area contributed by atoms with Gasteiger partial charge in [-0.1, -0.05) is 42.5 Å². The van der Waals surface area contributed by atoms with Gasteiger partial charge in [0.15, 0.2) is 9.84 Å². The summed E-state index contributed by atoms with van der Waals surface area (Å²) in [6, 6.07) is 16.6. The molecule has 1 aliphatic heterocycles. The van der Waals surface area contributed by atoms with E-state index in [0.717, 1.165) is 38.4 Å². The first-order chi connectivity index (χ1) is 13.4. The molecule has 150 valence electrons. The fourth-order valence-electron chi connectivity index (χ4n) is 3.39. The Hall–Kier alpha value is -2.22. The SMILES string of the molecule is CS(=O)(=O)Cc1ccc(C(=O)N[C@H](C[NH+]2CCOCC2)c2ccccc2)cc1. The van der Waals surface area contributed by atoms with Crippen molar-refractivity contribution in [3.05, 3.63) is 71.3 Å². The number of hydrogen-bond acceptors (Lipinski definition) is 4. The average molecular weight is 404 g/mol.